The molecule has 126 valence electrons. The summed E-state index contributed by atoms with van der Waals surface area (Å²) in [6.45, 7) is 3.32. The molecule has 0 saturated carbocycles. The Morgan fingerprint density at radius 3 is 3.00 bits per heavy atom. The molecule has 9 nitrogen and oxygen atoms in total. The highest BCUT2D eigenvalue weighted by Gasteiger charge is 2.20. The normalized spacial score (nSPS) is 13.4. The van der Waals surface area contributed by atoms with Crippen molar-refractivity contribution in [1.82, 2.24) is 14.5 Å². The van der Waals surface area contributed by atoms with E-state index in [1.807, 2.05) is 6.92 Å². The summed E-state index contributed by atoms with van der Waals surface area (Å²) in [5.41, 5.74) is 7.12. The van der Waals surface area contributed by atoms with Crippen molar-refractivity contribution in [3.05, 3.63) is 45.2 Å². The van der Waals surface area contributed by atoms with Gasteiger partial charge in [0, 0.05) is 18.3 Å². The van der Waals surface area contributed by atoms with Crippen molar-refractivity contribution in [2.75, 3.05) is 5.32 Å². The predicted molar refractivity (Wildman–Crippen MR) is 86.6 cm³/mol. The van der Waals surface area contributed by atoms with Crippen molar-refractivity contribution in [2.45, 2.75) is 39.3 Å². The monoisotopic (exact) mass is 330 g/mol. The van der Waals surface area contributed by atoms with E-state index in [9.17, 15) is 14.9 Å². The number of aryl methyl sites for hydroxylation is 1. The fourth-order valence-electron chi connectivity index (χ4n) is 3.00. The number of imidazole rings is 1. The quantitative estimate of drug-likeness (QED) is 0.632. The first kappa shape index (κ1) is 15.9. The van der Waals surface area contributed by atoms with Crippen LogP contribution in [0, 0.1) is 17.0 Å². The van der Waals surface area contributed by atoms with Crippen molar-refractivity contribution < 1.29 is 9.72 Å². The third-order valence-corrected chi connectivity index (χ3v) is 4.16. The second-order valence-corrected chi connectivity index (χ2v) is 5.73. The molecule has 0 radical (unpaired) electrons. The van der Waals surface area contributed by atoms with E-state index < -0.39 is 10.8 Å². The van der Waals surface area contributed by atoms with Crippen LogP contribution in [-0.4, -0.2) is 25.4 Å². The number of nitrogens with zero attached hydrogens (tertiary/aromatic N) is 4. The average molecular weight is 330 g/mol. The minimum atomic E-state index is -0.767. The van der Waals surface area contributed by atoms with Gasteiger partial charge in [-0.25, -0.2) is 9.97 Å². The second-order valence-electron chi connectivity index (χ2n) is 5.73. The van der Waals surface area contributed by atoms with Crippen LogP contribution in [0.1, 0.15) is 40.4 Å². The first-order valence-electron chi connectivity index (χ1n) is 7.70. The van der Waals surface area contributed by atoms with Crippen molar-refractivity contribution in [1.29, 1.82) is 0 Å². The fourth-order valence-corrected chi connectivity index (χ4v) is 3.00. The number of nitrogens with two attached hydrogens (primary N) is 1. The Labute approximate surface area is 138 Å². The van der Waals surface area contributed by atoms with Crippen LogP contribution in [0.4, 0.5) is 11.5 Å². The number of fused-ring (bicyclic) bond motifs is 1. The molecule has 2 aromatic rings. The van der Waals surface area contributed by atoms with Crippen LogP contribution >= 0.6 is 0 Å². The molecular formula is C15H18N6O3. The van der Waals surface area contributed by atoms with Crippen LogP contribution in [0.2, 0.25) is 0 Å². The Morgan fingerprint density at radius 1 is 1.50 bits per heavy atom. The molecule has 0 atom stereocenters. The Morgan fingerprint density at radius 2 is 2.29 bits per heavy atom. The molecule has 0 fully saturated rings. The number of amides is 1. The highest BCUT2D eigenvalue weighted by atomic mass is 16.6. The van der Waals surface area contributed by atoms with Gasteiger partial charge in [0.2, 0.25) is 0 Å². The standard InChI is InChI=1S/C15H18N6O3/c1-9-19-12(13-4-2-3-5-20(9)13)8-18-15-11(14(16)22)6-10(7-17-15)21(23)24/h6-7H,2-5,8H2,1H3,(H2,16,22)(H,17,18). The zero-order chi connectivity index (χ0) is 17.3. The van der Waals surface area contributed by atoms with Gasteiger partial charge in [-0.15, -0.1) is 0 Å². The number of primary amides is 1. The maximum absolute atomic E-state index is 11.5. The van der Waals surface area contributed by atoms with Crippen molar-refractivity contribution in [3.63, 3.8) is 0 Å². The van der Waals surface area contributed by atoms with E-state index in [1.165, 1.54) is 5.69 Å². The molecule has 3 heterocycles. The smallest absolute Gasteiger partial charge is 0.288 e. The van der Waals surface area contributed by atoms with Gasteiger partial charge in [-0.1, -0.05) is 0 Å². The lowest BCUT2D eigenvalue weighted by Gasteiger charge is -2.16. The molecular weight excluding hydrogens is 312 g/mol. The summed E-state index contributed by atoms with van der Waals surface area (Å²) < 4.78 is 2.21. The van der Waals surface area contributed by atoms with Crippen LogP contribution in [0.15, 0.2) is 12.3 Å². The van der Waals surface area contributed by atoms with E-state index >= 15 is 0 Å². The summed E-state index contributed by atoms with van der Waals surface area (Å²) in [6, 6.07) is 1.13. The highest BCUT2D eigenvalue weighted by molar-refractivity contribution is 5.98. The summed E-state index contributed by atoms with van der Waals surface area (Å²) in [5.74, 6) is 0.424. The highest BCUT2D eigenvalue weighted by Crippen LogP contribution is 2.23. The SMILES string of the molecule is Cc1nc(CNc2ncc([N+](=O)[O-])cc2C(N)=O)c2n1CCCC2. The first-order chi connectivity index (χ1) is 11.5. The van der Waals surface area contributed by atoms with Crippen molar-refractivity contribution in [2.24, 2.45) is 5.73 Å². The molecule has 1 amide bonds. The number of aromatic nitrogens is 3. The van der Waals surface area contributed by atoms with Gasteiger partial charge in [-0.3, -0.25) is 14.9 Å². The minimum absolute atomic E-state index is 0.00556. The molecule has 1 aliphatic rings. The van der Waals surface area contributed by atoms with Crippen LogP contribution in [0.25, 0.3) is 0 Å². The molecule has 0 aromatic carbocycles. The van der Waals surface area contributed by atoms with Crippen molar-refractivity contribution in [3.8, 4) is 0 Å². The van der Waals surface area contributed by atoms with Crippen LogP contribution < -0.4 is 11.1 Å². The van der Waals surface area contributed by atoms with E-state index in [-0.39, 0.29) is 17.1 Å². The van der Waals surface area contributed by atoms with E-state index in [0.717, 1.165) is 49.6 Å². The van der Waals surface area contributed by atoms with Gasteiger partial charge in [-0.05, 0) is 26.2 Å². The molecule has 0 bridgehead atoms. The number of nitro groups is 1. The summed E-state index contributed by atoms with van der Waals surface area (Å²) in [6.07, 6.45) is 4.34. The number of carbonyl (C=O) groups is 1. The Bertz CT molecular complexity index is 814. The number of anilines is 1. The molecule has 3 N–H and O–H groups in total. The summed E-state index contributed by atoms with van der Waals surface area (Å²) in [4.78, 5) is 30.3. The Kier molecular flexibility index (Phi) is 4.15. The first-order valence-corrected chi connectivity index (χ1v) is 7.70. The molecule has 24 heavy (non-hydrogen) atoms. The summed E-state index contributed by atoms with van der Waals surface area (Å²) in [5, 5.41) is 13.8. The van der Waals surface area contributed by atoms with E-state index in [0.29, 0.717) is 6.54 Å². The average Bonchev–Trinajstić information content (AvgIpc) is 2.89. The molecule has 9 heteroatoms. The third kappa shape index (κ3) is 2.92. The zero-order valence-corrected chi connectivity index (χ0v) is 13.3. The number of hydrogen-bond donors (Lipinski definition) is 2. The second kappa shape index (κ2) is 6.26. The maximum atomic E-state index is 11.5. The third-order valence-electron chi connectivity index (χ3n) is 4.16. The van der Waals surface area contributed by atoms with E-state index in [4.69, 9.17) is 5.73 Å². The molecule has 3 rings (SSSR count). The topological polar surface area (TPSA) is 129 Å². The van der Waals surface area contributed by atoms with Gasteiger partial charge in [0.05, 0.1) is 22.7 Å². The molecule has 0 saturated heterocycles. The van der Waals surface area contributed by atoms with Gasteiger partial charge >= 0.3 is 0 Å². The van der Waals surface area contributed by atoms with Gasteiger partial charge in [0.1, 0.15) is 17.8 Å². The van der Waals surface area contributed by atoms with E-state index in [2.05, 4.69) is 19.9 Å². The lowest BCUT2D eigenvalue weighted by atomic mass is 10.1. The lowest BCUT2D eigenvalue weighted by Crippen LogP contribution is -2.17. The number of carbonyl (C=O) groups excluding carboxylic acids is 1. The maximum Gasteiger partial charge on any atom is 0.288 e. The number of hydrogen-bond acceptors (Lipinski definition) is 6. The molecule has 2 aromatic heterocycles. The Hall–Kier alpha value is -2.97. The predicted octanol–water partition coefficient (Wildman–Crippen LogP) is 1.54. The summed E-state index contributed by atoms with van der Waals surface area (Å²) in [7, 11) is 0. The van der Waals surface area contributed by atoms with Gasteiger partial charge in [0.15, 0.2) is 0 Å². The molecule has 0 aliphatic carbocycles. The molecule has 0 spiro atoms. The lowest BCUT2D eigenvalue weighted by molar-refractivity contribution is -0.385. The fraction of sp³-hybridized carbons (Fsp3) is 0.400. The van der Waals surface area contributed by atoms with Gasteiger partial charge in [0.25, 0.3) is 11.6 Å². The largest absolute Gasteiger partial charge is 0.365 e. The van der Waals surface area contributed by atoms with Crippen molar-refractivity contribution >= 4 is 17.4 Å². The van der Waals surface area contributed by atoms with E-state index in [1.54, 1.807) is 0 Å². The van der Waals surface area contributed by atoms with Crippen LogP contribution in [0.3, 0.4) is 0 Å². The molecule has 1 aliphatic heterocycles. The number of pyridine rings is 1. The van der Waals surface area contributed by atoms with Crippen LogP contribution in [-0.2, 0) is 19.5 Å². The zero-order valence-electron chi connectivity index (χ0n) is 13.3. The van der Waals surface area contributed by atoms with Gasteiger partial charge in [-0.2, -0.15) is 0 Å². The van der Waals surface area contributed by atoms with Crippen LogP contribution in [0.5, 0.6) is 0 Å². The Balaban J connectivity index is 1.85. The number of nitrogens with one attached hydrogen (secondary N) is 1. The summed E-state index contributed by atoms with van der Waals surface area (Å²) >= 11 is 0. The molecule has 0 unspecified atom stereocenters. The number of rotatable bonds is 5. The minimum Gasteiger partial charge on any atom is -0.365 e. The van der Waals surface area contributed by atoms with Gasteiger partial charge < -0.3 is 15.6 Å².